The minimum atomic E-state index is -3.88. The highest BCUT2D eigenvalue weighted by molar-refractivity contribution is 7.89. The second-order valence-corrected chi connectivity index (χ2v) is 9.55. The van der Waals surface area contributed by atoms with Gasteiger partial charge in [-0.25, -0.2) is 27.1 Å². The number of benzene rings is 2. The van der Waals surface area contributed by atoms with Gasteiger partial charge in [0.2, 0.25) is 26.0 Å². The van der Waals surface area contributed by atoms with E-state index in [1.807, 2.05) is 0 Å². The molecule has 2 heterocycles. The summed E-state index contributed by atoms with van der Waals surface area (Å²) < 4.78 is 46.4. The predicted octanol–water partition coefficient (Wildman–Crippen LogP) is 1.13. The van der Waals surface area contributed by atoms with Crippen molar-refractivity contribution in [3.63, 3.8) is 0 Å². The maximum absolute atomic E-state index is 11.6. The number of nitrogens with one attached hydrogen (secondary N) is 3. The molecule has 12 nitrogen and oxygen atoms in total. The van der Waals surface area contributed by atoms with E-state index in [4.69, 9.17) is 10.3 Å². The summed E-state index contributed by atoms with van der Waals surface area (Å²) in [6.45, 7) is 0. The van der Waals surface area contributed by atoms with E-state index >= 15 is 0 Å². The van der Waals surface area contributed by atoms with Crippen molar-refractivity contribution in [1.29, 1.82) is 0 Å². The summed E-state index contributed by atoms with van der Waals surface area (Å²) in [4.78, 5) is 8.56. The number of H-pyrrole nitrogens is 1. The van der Waals surface area contributed by atoms with Crippen LogP contribution in [0.1, 0.15) is 0 Å². The molecule has 160 valence electrons. The molecule has 0 unspecified atom stereocenters. The standard InChI is InChI=1S/C17H16N8O4S2/c18-30(26,27)12-5-1-3-10(7-12)21-15-14-9-20-25-16(14)24-17(23-15)22-11-4-2-6-13(8-11)31(19,28)29/h1-9H,(H2,18,26,27)(H2,19,28,29)(H3,20,21,22,23,24,25). The summed E-state index contributed by atoms with van der Waals surface area (Å²) in [5.41, 5.74) is 1.22. The average molecular weight is 461 g/mol. The molecule has 7 N–H and O–H groups in total. The van der Waals surface area contributed by atoms with Crippen LogP contribution in [0.3, 0.4) is 0 Å². The smallest absolute Gasteiger partial charge is 0.238 e. The van der Waals surface area contributed by atoms with Crippen LogP contribution in [0.5, 0.6) is 0 Å². The Balaban J connectivity index is 1.71. The first kappa shape index (κ1) is 20.7. The molecule has 0 bridgehead atoms. The van der Waals surface area contributed by atoms with Crippen LogP contribution in [0.4, 0.5) is 23.1 Å². The highest BCUT2D eigenvalue weighted by Crippen LogP contribution is 2.26. The number of nitrogens with zero attached hydrogens (tertiary/aromatic N) is 3. The largest absolute Gasteiger partial charge is 0.339 e. The third kappa shape index (κ3) is 4.61. The summed E-state index contributed by atoms with van der Waals surface area (Å²) in [6.07, 6.45) is 1.51. The van der Waals surface area contributed by atoms with Gasteiger partial charge in [-0.2, -0.15) is 15.1 Å². The molecule has 0 saturated carbocycles. The van der Waals surface area contributed by atoms with Crippen molar-refractivity contribution in [3.8, 4) is 0 Å². The summed E-state index contributed by atoms with van der Waals surface area (Å²) in [5, 5.41) is 23.5. The lowest BCUT2D eigenvalue weighted by Crippen LogP contribution is -2.12. The van der Waals surface area contributed by atoms with Crippen molar-refractivity contribution < 1.29 is 16.8 Å². The lowest BCUT2D eigenvalue weighted by molar-refractivity contribution is 0.596. The lowest BCUT2D eigenvalue weighted by atomic mass is 10.3. The molecule has 2 aromatic carbocycles. The Kier molecular flexibility index (Phi) is 5.06. The van der Waals surface area contributed by atoms with Crippen molar-refractivity contribution in [1.82, 2.24) is 20.2 Å². The fraction of sp³-hybridized carbons (Fsp3) is 0. The first-order valence-corrected chi connectivity index (χ1v) is 11.7. The summed E-state index contributed by atoms with van der Waals surface area (Å²) >= 11 is 0. The SMILES string of the molecule is NS(=O)(=O)c1cccc(Nc2nc(Nc3cccc(S(N)(=O)=O)c3)c3cn[nH]c3n2)c1. The molecule has 4 rings (SSSR count). The van der Waals surface area contributed by atoms with E-state index in [9.17, 15) is 16.8 Å². The van der Waals surface area contributed by atoms with Crippen LogP contribution in [0, 0.1) is 0 Å². The van der Waals surface area contributed by atoms with Crippen molar-refractivity contribution >= 4 is 54.2 Å². The number of aromatic amines is 1. The number of anilines is 4. The molecule has 2 aromatic heterocycles. The molecule has 14 heteroatoms. The summed E-state index contributed by atoms with van der Waals surface area (Å²) in [7, 11) is -7.75. The van der Waals surface area contributed by atoms with Crippen molar-refractivity contribution in [3.05, 3.63) is 54.7 Å². The van der Waals surface area contributed by atoms with Gasteiger partial charge in [-0.05, 0) is 36.4 Å². The Morgan fingerprint density at radius 2 is 1.39 bits per heavy atom. The summed E-state index contributed by atoms with van der Waals surface area (Å²) in [6, 6.07) is 11.8. The number of hydrogen-bond acceptors (Lipinski definition) is 9. The second kappa shape index (κ2) is 7.59. The van der Waals surface area contributed by atoms with E-state index in [2.05, 4.69) is 30.8 Å². The average Bonchev–Trinajstić information content (AvgIpc) is 3.16. The van der Waals surface area contributed by atoms with Crippen LogP contribution >= 0.6 is 0 Å². The Bertz CT molecular complexity index is 1500. The molecular weight excluding hydrogens is 444 g/mol. The van der Waals surface area contributed by atoms with Gasteiger partial charge < -0.3 is 10.6 Å². The molecule has 0 amide bonds. The molecule has 0 atom stereocenters. The molecule has 0 aliphatic rings. The Morgan fingerprint density at radius 3 is 1.97 bits per heavy atom. The number of aromatic nitrogens is 4. The Hall–Kier alpha value is -3.59. The van der Waals surface area contributed by atoms with Gasteiger partial charge >= 0.3 is 0 Å². The van der Waals surface area contributed by atoms with Gasteiger partial charge in [-0.1, -0.05) is 12.1 Å². The molecule has 0 spiro atoms. The van der Waals surface area contributed by atoms with Crippen molar-refractivity contribution in [2.45, 2.75) is 9.79 Å². The van der Waals surface area contributed by atoms with E-state index in [-0.39, 0.29) is 15.7 Å². The fourth-order valence-corrected chi connectivity index (χ4v) is 3.87. The van der Waals surface area contributed by atoms with E-state index in [1.165, 1.54) is 42.6 Å². The minimum Gasteiger partial charge on any atom is -0.339 e. The number of nitrogens with two attached hydrogens (primary N) is 2. The highest BCUT2D eigenvalue weighted by Gasteiger charge is 2.14. The second-order valence-electron chi connectivity index (χ2n) is 6.42. The first-order chi connectivity index (χ1) is 14.6. The lowest BCUT2D eigenvalue weighted by Gasteiger charge is -2.11. The molecule has 0 saturated heterocycles. The number of rotatable bonds is 6. The molecule has 31 heavy (non-hydrogen) atoms. The zero-order valence-corrected chi connectivity index (χ0v) is 17.3. The quantitative estimate of drug-likeness (QED) is 0.280. The van der Waals surface area contributed by atoms with Gasteiger partial charge in [0, 0.05) is 11.4 Å². The van der Waals surface area contributed by atoms with Gasteiger partial charge in [0.25, 0.3) is 0 Å². The van der Waals surface area contributed by atoms with Gasteiger partial charge in [-0.3, -0.25) is 5.10 Å². The topological polar surface area (TPSA) is 199 Å². The molecule has 0 radical (unpaired) electrons. The van der Waals surface area contributed by atoms with Gasteiger partial charge in [0.05, 0.1) is 21.4 Å². The van der Waals surface area contributed by atoms with E-state index in [1.54, 1.807) is 12.1 Å². The third-order valence-electron chi connectivity index (χ3n) is 4.15. The van der Waals surface area contributed by atoms with Crippen LogP contribution < -0.4 is 20.9 Å². The van der Waals surface area contributed by atoms with Crippen LogP contribution in [-0.2, 0) is 20.0 Å². The third-order valence-corrected chi connectivity index (χ3v) is 5.98. The van der Waals surface area contributed by atoms with Gasteiger partial charge in [-0.15, -0.1) is 0 Å². The van der Waals surface area contributed by atoms with Crippen LogP contribution in [0.15, 0.2) is 64.5 Å². The molecular formula is C17H16N8O4S2. The number of hydrogen-bond donors (Lipinski definition) is 5. The zero-order chi connectivity index (χ0) is 22.2. The predicted molar refractivity (Wildman–Crippen MR) is 114 cm³/mol. The minimum absolute atomic E-state index is 0.0619. The number of primary sulfonamides is 2. The van der Waals surface area contributed by atoms with Crippen LogP contribution in [-0.4, -0.2) is 37.0 Å². The molecule has 4 aromatic rings. The van der Waals surface area contributed by atoms with E-state index < -0.39 is 20.0 Å². The zero-order valence-electron chi connectivity index (χ0n) is 15.6. The normalized spacial score (nSPS) is 12.1. The van der Waals surface area contributed by atoms with E-state index in [0.29, 0.717) is 28.2 Å². The first-order valence-electron chi connectivity index (χ1n) is 8.60. The molecule has 0 aliphatic carbocycles. The Morgan fingerprint density at radius 1 is 0.806 bits per heavy atom. The number of fused-ring (bicyclic) bond motifs is 1. The highest BCUT2D eigenvalue weighted by atomic mass is 32.2. The van der Waals surface area contributed by atoms with E-state index in [0.717, 1.165) is 0 Å². The maximum atomic E-state index is 11.6. The maximum Gasteiger partial charge on any atom is 0.238 e. The van der Waals surface area contributed by atoms with Crippen LogP contribution in [0.2, 0.25) is 0 Å². The fourth-order valence-electron chi connectivity index (χ4n) is 2.75. The van der Waals surface area contributed by atoms with Crippen molar-refractivity contribution in [2.75, 3.05) is 10.6 Å². The number of sulfonamides is 2. The van der Waals surface area contributed by atoms with Gasteiger partial charge in [0.15, 0.2) is 5.65 Å². The van der Waals surface area contributed by atoms with Crippen LogP contribution in [0.25, 0.3) is 11.0 Å². The molecule has 0 fully saturated rings. The Labute approximate surface area is 176 Å². The van der Waals surface area contributed by atoms with Crippen molar-refractivity contribution in [2.24, 2.45) is 10.3 Å². The summed E-state index contributed by atoms with van der Waals surface area (Å²) in [5.74, 6) is 0.462. The monoisotopic (exact) mass is 460 g/mol. The molecule has 0 aliphatic heterocycles. The van der Waals surface area contributed by atoms with Gasteiger partial charge in [0.1, 0.15) is 5.82 Å².